The van der Waals surface area contributed by atoms with Crippen LogP contribution in [0, 0.1) is 0 Å². The Hall–Kier alpha value is -2.87. The monoisotopic (exact) mass is 447 g/mol. The number of nitrogens with one attached hydrogen (secondary N) is 1. The van der Waals surface area contributed by atoms with Crippen molar-refractivity contribution in [1.29, 1.82) is 0 Å². The number of amides is 2. The highest BCUT2D eigenvalue weighted by atomic mass is 32.1. The van der Waals surface area contributed by atoms with Gasteiger partial charge in [0.15, 0.2) is 5.82 Å². The minimum absolute atomic E-state index is 0.00105. The molecule has 2 aliphatic carbocycles. The molecule has 0 spiro atoms. The molecular formula is C24H25N5O2S. The van der Waals surface area contributed by atoms with Crippen molar-refractivity contribution in [1.82, 2.24) is 19.9 Å². The molecule has 7 nitrogen and oxygen atoms in total. The van der Waals surface area contributed by atoms with Crippen LogP contribution in [0.25, 0.3) is 21.6 Å². The van der Waals surface area contributed by atoms with Crippen LogP contribution in [0.3, 0.4) is 0 Å². The van der Waals surface area contributed by atoms with Gasteiger partial charge in [0.1, 0.15) is 10.6 Å². The van der Waals surface area contributed by atoms with Gasteiger partial charge >= 0.3 is 0 Å². The number of hydrogen-bond acceptors (Lipinski definition) is 7. The molecule has 4 heterocycles. The molecule has 3 aliphatic rings. The Balaban J connectivity index is 1.28. The molecular weight excluding hydrogens is 422 g/mol. The van der Waals surface area contributed by atoms with Crippen LogP contribution in [0.2, 0.25) is 0 Å². The zero-order chi connectivity index (χ0) is 21.7. The first-order valence-corrected chi connectivity index (χ1v) is 12.3. The highest BCUT2D eigenvalue weighted by molar-refractivity contribution is 7.19. The third-order valence-corrected chi connectivity index (χ3v) is 8.16. The van der Waals surface area contributed by atoms with E-state index in [1.54, 1.807) is 17.5 Å². The van der Waals surface area contributed by atoms with Gasteiger partial charge in [0.2, 0.25) is 11.8 Å². The number of anilines is 1. The number of pyridine rings is 1. The fourth-order valence-corrected chi connectivity index (χ4v) is 6.66. The molecule has 32 heavy (non-hydrogen) atoms. The zero-order valence-electron chi connectivity index (χ0n) is 17.8. The standard InChI is InChI=1S/C24H25N5O2S/c30-19-10-11-20(31)29(19)16-8-6-15(7-9-16)26-23-21-17-4-1-5-18(17)32-24(21)28-22(27-23)14-3-2-12-25-13-14/h2-3,12-13,15-16H,1,4-11H2,(H,26,27,28). The topological polar surface area (TPSA) is 88.1 Å². The van der Waals surface area contributed by atoms with Crippen molar-refractivity contribution in [3.8, 4) is 11.4 Å². The largest absolute Gasteiger partial charge is 0.367 e. The van der Waals surface area contributed by atoms with Gasteiger partial charge in [-0.3, -0.25) is 19.5 Å². The van der Waals surface area contributed by atoms with Crippen molar-refractivity contribution < 1.29 is 9.59 Å². The van der Waals surface area contributed by atoms with E-state index in [0.717, 1.165) is 54.7 Å². The number of nitrogens with zero attached hydrogens (tertiary/aromatic N) is 4. The zero-order valence-corrected chi connectivity index (χ0v) is 18.7. The summed E-state index contributed by atoms with van der Waals surface area (Å²) in [5, 5.41) is 4.91. The second-order valence-electron chi connectivity index (χ2n) is 8.98. The Bertz CT molecular complexity index is 1180. The summed E-state index contributed by atoms with van der Waals surface area (Å²) in [7, 11) is 0. The Morgan fingerprint density at radius 3 is 2.56 bits per heavy atom. The number of thiophene rings is 1. The Kier molecular flexibility index (Phi) is 4.90. The van der Waals surface area contributed by atoms with E-state index in [4.69, 9.17) is 9.97 Å². The second-order valence-corrected chi connectivity index (χ2v) is 10.1. The van der Waals surface area contributed by atoms with Crippen LogP contribution in [0.4, 0.5) is 5.82 Å². The van der Waals surface area contributed by atoms with E-state index in [-0.39, 0.29) is 23.9 Å². The summed E-state index contributed by atoms with van der Waals surface area (Å²) >= 11 is 1.80. The highest BCUT2D eigenvalue weighted by Crippen LogP contribution is 2.41. The highest BCUT2D eigenvalue weighted by Gasteiger charge is 2.37. The number of carbonyl (C=O) groups excluding carboxylic acids is 2. The predicted octanol–water partition coefficient (Wildman–Crippen LogP) is 4.11. The first-order valence-electron chi connectivity index (χ1n) is 11.5. The van der Waals surface area contributed by atoms with Gasteiger partial charge in [0.25, 0.3) is 0 Å². The summed E-state index contributed by atoms with van der Waals surface area (Å²) < 4.78 is 0. The van der Waals surface area contributed by atoms with Crippen molar-refractivity contribution in [3.63, 3.8) is 0 Å². The predicted molar refractivity (Wildman–Crippen MR) is 123 cm³/mol. The minimum atomic E-state index is -0.00105. The van der Waals surface area contributed by atoms with Gasteiger partial charge in [-0.2, -0.15) is 0 Å². The number of rotatable bonds is 4. The molecule has 1 saturated carbocycles. The van der Waals surface area contributed by atoms with E-state index >= 15 is 0 Å². The Morgan fingerprint density at radius 1 is 1.00 bits per heavy atom. The summed E-state index contributed by atoms with van der Waals surface area (Å²) in [6.45, 7) is 0. The molecule has 0 radical (unpaired) electrons. The minimum Gasteiger partial charge on any atom is -0.367 e. The molecule has 2 fully saturated rings. The first-order chi connectivity index (χ1) is 15.7. The van der Waals surface area contributed by atoms with Crippen molar-refractivity contribution in [3.05, 3.63) is 35.0 Å². The lowest BCUT2D eigenvalue weighted by Crippen LogP contribution is -2.43. The molecule has 2 amide bonds. The van der Waals surface area contributed by atoms with Crippen LogP contribution >= 0.6 is 11.3 Å². The van der Waals surface area contributed by atoms with Gasteiger partial charge in [0.05, 0.1) is 5.39 Å². The van der Waals surface area contributed by atoms with Crippen molar-refractivity contribution >= 4 is 39.2 Å². The summed E-state index contributed by atoms with van der Waals surface area (Å²) in [5.41, 5.74) is 2.33. The van der Waals surface area contributed by atoms with Gasteiger partial charge < -0.3 is 5.32 Å². The number of aryl methyl sites for hydroxylation is 2. The van der Waals surface area contributed by atoms with Gasteiger partial charge in [-0.25, -0.2) is 9.97 Å². The summed E-state index contributed by atoms with van der Waals surface area (Å²) in [6.07, 6.45) is 11.3. The van der Waals surface area contributed by atoms with Gasteiger partial charge in [-0.1, -0.05) is 0 Å². The third-order valence-electron chi connectivity index (χ3n) is 6.98. The fraction of sp³-hybridized carbons (Fsp3) is 0.458. The maximum atomic E-state index is 12.1. The van der Waals surface area contributed by atoms with E-state index in [1.807, 2.05) is 18.3 Å². The number of hydrogen-bond donors (Lipinski definition) is 1. The summed E-state index contributed by atoms with van der Waals surface area (Å²) in [4.78, 5) is 42.4. The average molecular weight is 448 g/mol. The van der Waals surface area contributed by atoms with Crippen molar-refractivity contribution in [2.45, 2.75) is 69.9 Å². The fourth-order valence-electron chi connectivity index (χ4n) is 5.40. The van der Waals surface area contributed by atoms with E-state index < -0.39 is 0 Å². The Morgan fingerprint density at radius 2 is 1.81 bits per heavy atom. The molecule has 6 rings (SSSR count). The lowest BCUT2D eigenvalue weighted by Gasteiger charge is -2.34. The SMILES string of the molecule is O=C1CCC(=O)N1C1CCC(Nc2nc(-c3cccnc3)nc3sc4c(c23)CCC4)CC1. The van der Waals surface area contributed by atoms with Crippen molar-refractivity contribution in [2.75, 3.05) is 5.32 Å². The van der Waals surface area contributed by atoms with Crippen LogP contribution in [0.1, 0.15) is 55.4 Å². The number of carbonyl (C=O) groups is 2. The molecule has 1 aliphatic heterocycles. The van der Waals surface area contributed by atoms with Crippen LogP contribution in [-0.2, 0) is 22.4 Å². The molecule has 0 bridgehead atoms. The maximum Gasteiger partial charge on any atom is 0.229 e. The van der Waals surface area contributed by atoms with Crippen LogP contribution < -0.4 is 5.32 Å². The lowest BCUT2D eigenvalue weighted by molar-refractivity contribution is -0.141. The van der Waals surface area contributed by atoms with Gasteiger partial charge in [-0.05, 0) is 62.6 Å². The number of likely N-dealkylation sites (tertiary alicyclic amines) is 1. The number of fused-ring (bicyclic) bond motifs is 3. The molecule has 0 unspecified atom stereocenters. The van der Waals surface area contributed by atoms with Crippen LogP contribution in [0.15, 0.2) is 24.5 Å². The average Bonchev–Trinajstić information content (AvgIpc) is 3.49. The van der Waals surface area contributed by atoms with Gasteiger partial charge in [-0.15, -0.1) is 11.3 Å². The number of aromatic nitrogens is 3. The molecule has 0 aromatic carbocycles. The lowest BCUT2D eigenvalue weighted by atomic mass is 9.90. The molecule has 1 N–H and O–H groups in total. The number of imide groups is 1. The maximum absolute atomic E-state index is 12.1. The van der Waals surface area contributed by atoms with E-state index in [0.29, 0.717) is 18.7 Å². The van der Waals surface area contributed by atoms with Crippen LogP contribution in [-0.4, -0.2) is 43.7 Å². The van der Waals surface area contributed by atoms with Crippen LogP contribution in [0.5, 0.6) is 0 Å². The smallest absolute Gasteiger partial charge is 0.229 e. The van der Waals surface area contributed by atoms with E-state index in [1.165, 1.54) is 27.1 Å². The second kappa shape index (κ2) is 7.92. The first kappa shape index (κ1) is 19.8. The Labute approximate surface area is 190 Å². The van der Waals surface area contributed by atoms with E-state index in [2.05, 4.69) is 10.3 Å². The summed E-state index contributed by atoms with van der Waals surface area (Å²) in [5.74, 6) is 1.62. The molecule has 164 valence electrons. The third kappa shape index (κ3) is 3.37. The van der Waals surface area contributed by atoms with Gasteiger partial charge in [0, 0.05) is 47.8 Å². The molecule has 3 aromatic rings. The normalized spacial score (nSPS) is 23.2. The molecule has 8 heteroatoms. The quantitative estimate of drug-likeness (QED) is 0.606. The molecule has 0 atom stereocenters. The summed E-state index contributed by atoms with van der Waals surface area (Å²) in [6, 6.07) is 4.23. The molecule has 3 aromatic heterocycles. The molecule has 1 saturated heterocycles. The van der Waals surface area contributed by atoms with E-state index in [9.17, 15) is 9.59 Å². The van der Waals surface area contributed by atoms with Crippen molar-refractivity contribution in [2.24, 2.45) is 0 Å².